The first-order chi connectivity index (χ1) is 17.0. The number of ether oxygens (including phenoxy) is 2. The molecule has 186 valence electrons. The standard InChI is InChI=1S/C27H34N4O3S/c1-18-10-8-9-13-22(18)19(2)28-25(32)17-35-27-30-29-26(31(27)21-11-6-5-7-12-21)20-14-15-23(33-3)24(16-20)34-4/h8-10,13-16,19,21H,5-7,11-12,17H2,1-4H3,(H,28,32). The van der Waals surface area contributed by atoms with Crippen LogP contribution in [-0.2, 0) is 4.79 Å². The third-order valence-electron chi connectivity index (χ3n) is 6.61. The third kappa shape index (κ3) is 5.81. The second kappa shape index (κ2) is 11.6. The van der Waals surface area contributed by atoms with Gasteiger partial charge in [0.25, 0.3) is 0 Å². The number of nitrogens with one attached hydrogen (secondary N) is 1. The molecule has 8 heteroatoms. The Labute approximate surface area is 211 Å². The Bertz CT molecular complexity index is 1160. The second-order valence-corrected chi connectivity index (χ2v) is 9.91. The third-order valence-corrected chi connectivity index (χ3v) is 7.55. The van der Waals surface area contributed by atoms with Crippen molar-refractivity contribution in [3.63, 3.8) is 0 Å². The van der Waals surface area contributed by atoms with Gasteiger partial charge in [-0.3, -0.25) is 9.36 Å². The number of benzene rings is 2. The molecule has 3 aromatic rings. The van der Waals surface area contributed by atoms with Crippen LogP contribution in [0.3, 0.4) is 0 Å². The predicted molar refractivity (Wildman–Crippen MR) is 139 cm³/mol. The molecule has 7 nitrogen and oxygen atoms in total. The highest BCUT2D eigenvalue weighted by molar-refractivity contribution is 7.99. The largest absolute Gasteiger partial charge is 0.493 e. The molecular formula is C27H34N4O3S. The van der Waals surface area contributed by atoms with Gasteiger partial charge >= 0.3 is 0 Å². The van der Waals surface area contributed by atoms with Crippen LogP contribution in [0.5, 0.6) is 11.5 Å². The summed E-state index contributed by atoms with van der Waals surface area (Å²) in [6.07, 6.45) is 5.80. The van der Waals surface area contributed by atoms with E-state index in [9.17, 15) is 4.79 Å². The molecule has 0 bridgehead atoms. The highest BCUT2D eigenvalue weighted by atomic mass is 32.2. The van der Waals surface area contributed by atoms with E-state index in [0.29, 0.717) is 17.5 Å². The zero-order valence-electron chi connectivity index (χ0n) is 20.9. The van der Waals surface area contributed by atoms with Crippen LogP contribution in [0.2, 0.25) is 0 Å². The highest BCUT2D eigenvalue weighted by Gasteiger charge is 2.25. The quantitative estimate of drug-likeness (QED) is 0.382. The Balaban J connectivity index is 1.54. The van der Waals surface area contributed by atoms with E-state index in [-0.39, 0.29) is 17.7 Å². The molecule has 1 aliphatic carbocycles. The van der Waals surface area contributed by atoms with Gasteiger partial charge in [-0.2, -0.15) is 0 Å². The molecule has 35 heavy (non-hydrogen) atoms. The van der Waals surface area contributed by atoms with Crippen LogP contribution in [-0.4, -0.2) is 40.6 Å². The number of aryl methyl sites for hydroxylation is 1. The van der Waals surface area contributed by atoms with Crippen LogP contribution in [0, 0.1) is 6.92 Å². The maximum atomic E-state index is 12.8. The van der Waals surface area contributed by atoms with E-state index in [1.54, 1.807) is 14.2 Å². The summed E-state index contributed by atoms with van der Waals surface area (Å²) in [5, 5.41) is 13.0. The van der Waals surface area contributed by atoms with Gasteiger partial charge in [-0.1, -0.05) is 55.3 Å². The van der Waals surface area contributed by atoms with Crippen LogP contribution >= 0.6 is 11.8 Å². The summed E-state index contributed by atoms with van der Waals surface area (Å²) < 4.78 is 13.1. The number of amides is 1. The molecule has 4 rings (SSSR count). The number of thioether (sulfide) groups is 1. The van der Waals surface area contributed by atoms with E-state index in [1.165, 1.54) is 36.6 Å². The average molecular weight is 495 g/mol. The van der Waals surface area contributed by atoms with Crippen molar-refractivity contribution in [2.24, 2.45) is 0 Å². The lowest BCUT2D eigenvalue weighted by Gasteiger charge is -2.25. The molecule has 1 atom stereocenters. The van der Waals surface area contributed by atoms with E-state index in [1.807, 2.05) is 37.3 Å². The number of methoxy groups -OCH3 is 2. The molecule has 0 aliphatic heterocycles. The number of hydrogen-bond acceptors (Lipinski definition) is 6. The van der Waals surface area contributed by atoms with Crippen molar-refractivity contribution in [1.82, 2.24) is 20.1 Å². The number of carbonyl (C=O) groups is 1. The van der Waals surface area contributed by atoms with Gasteiger partial charge in [-0.25, -0.2) is 0 Å². The number of carbonyl (C=O) groups excluding carboxylic acids is 1. The summed E-state index contributed by atoms with van der Waals surface area (Å²) in [5.41, 5.74) is 3.22. The van der Waals surface area contributed by atoms with Gasteiger partial charge in [-0.05, 0) is 56.0 Å². The first-order valence-electron chi connectivity index (χ1n) is 12.2. The van der Waals surface area contributed by atoms with Gasteiger partial charge in [-0.15, -0.1) is 10.2 Å². The van der Waals surface area contributed by atoms with Crippen LogP contribution < -0.4 is 14.8 Å². The predicted octanol–water partition coefficient (Wildman–Crippen LogP) is 5.75. The molecular weight excluding hydrogens is 460 g/mol. The Morgan fingerprint density at radius 3 is 2.54 bits per heavy atom. The van der Waals surface area contributed by atoms with E-state index in [0.717, 1.165) is 34.9 Å². The summed E-state index contributed by atoms with van der Waals surface area (Å²) in [7, 11) is 3.26. The van der Waals surface area contributed by atoms with Crippen molar-refractivity contribution in [3.05, 3.63) is 53.6 Å². The molecule has 1 aliphatic rings. The summed E-state index contributed by atoms with van der Waals surface area (Å²) >= 11 is 1.44. The molecule has 1 heterocycles. The maximum absolute atomic E-state index is 12.8. The minimum atomic E-state index is -0.0529. The fourth-order valence-corrected chi connectivity index (χ4v) is 5.60. The molecule has 0 spiro atoms. The van der Waals surface area contributed by atoms with E-state index >= 15 is 0 Å². The molecule has 1 N–H and O–H groups in total. The summed E-state index contributed by atoms with van der Waals surface area (Å²) in [6.45, 7) is 4.08. The summed E-state index contributed by atoms with van der Waals surface area (Å²) in [6, 6.07) is 14.2. The van der Waals surface area contributed by atoms with Crippen LogP contribution in [0.15, 0.2) is 47.6 Å². The molecule has 1 amide bonds. The molecule has 0 radical (unpaired) electrons. The lowest BCUT2D eigenvalue weighted by atomic mass is 9.95. The van der Waals surface area contributed by atoms with Crippen LogP contribution in [0.25, 0.3) is 11.4 Å². The van der Waals surface area contributed by atoms with Crippen molar-refractivity contribution in [2.75, 3.05) is 20.0 Å². The van der Waals surface area contributed by atoms with Gasteiger partial charge in [0.1, 0.15) is 0 Å². The van der Waals surface area contributed by atoms with E-state index in [4.69, 9.17) is 9.47 Å². The fourth-order valence-electron chi connectivity index (χ4n) is 4.78. The maximum Gasteiger partial charge on any atom is 0.230 e. The zero-order valence-corrected chi connectivity index (χ0v) is 21.7. The van der Waals surface area contributed by atoms with Gasteiger partial charge in [0.15, 0.2) is 22.5 Å². The molecule has 0 saturated heterocycles. The van der Waals surface area contributed by atoms with Crippen molar-refractivity contribution < 1.29 is 14.3 Å². The molecule has 2 aromatic carbocycles. The fraction of sp³-hybridized carbons (Fsp3) is 0.444. The average Bonchev–Trinajstić information content (AvgIpc) is 3.31. The minimum absolute atomic E-state index is 0.0170. The zero-order chi connectivity index (χ0) is 24.8. The van der Waals surface area contributed by atoms with Gasteiger partial charge in [0.05, 0.1) is 26.0 Å². The normalized spacial score (nSPS) is 15.0. The molecule has 1 saturated carbocycles. The smallest absolute Gasteiger partial charge is 0.230 e. The number of aromatic nitrogens is 3. The number of hydrogen-bond donors (Lipinski definition) is 1. The first-order valence-corrected chi connectivity index (χ1v) is 13.2. The van der Waals surface area contributed by atoms with Gasteiger partial charge in [0, 0.05) is 11.6 Å². The number of rotatable bonds is 9. The first kappa shape index (κ1) is 25.1. The Kier molecular flexibility index (Phi) is 8.33. The minimum Gasteiger partial charge on any atom is -0.493 e. The van der Waals surface area contributed by atoms with E-state index < -0.39 is 0 Å². The van der Waals surface area contributed by atoms with Gasteiger partial charge in [0.2, 0.25) is 5.91 Å². The number of nitrogens with zero attached hydrogens (tertiary/aromatic N) is 3. The Morgan fingerprint density at radius 2 is 1.83 bits per heavy atom. The Hall–Kier alpha value is -3.00. The van der Waals surface area contributed by atoms with Crippen molar-refractivity contribution in [1.29, 1.82) is 0 Å². The van der Waals surface area contributed by atoms with E-state index in [2.05, 4.69) is 39.1 Å². The second-order valence-electron chi connectivity index (χ2n) is 8.97. The molecule has 1 unspecified atom stereocenters. The van der Waals surface area contributed by atoms with Crippen molar-refractivity contribution in [3.8, 4) is 22.9 Å². The Morgan fingerprint density at radius 1 is 1.09 bits per heavy atom. The monoisotopic (exact) mass is 494 g/mol. The SMILES string of the molecule is COc1ccc(-c2nnc(SCC(=O)NC(C)c3ccccc3C)n2C2CCCCC2)cc1OC. The van der Waals surface area contributed by atoms with Crippen molar-refractivity contribution >= 4 is 17.7 Å². The van der Waals surface area contributed by atoms with Crippen LogP contribution in [0.4, 0.5) is 0 Å². The highest BCUT2D eigenvalue weighted by Crippen LogP contribution is 2.38. The topological polar surface area (TPSA) is 78.3 Å². The van der Waals surface area contributed by atoms with Crippen molar-refractivity contribution in [2.45, 2.75) is 63.2 Å². The lowest BCUT2D eigenvalue weighted by molar-refractivity contribution is -0.119. The summed E-state index contributed by atoms with van der Waals surface area (Å²) in [5.74, 6) is 2.40. The van der Waals surface area contributed by atoms with Crippen LogP contribution in [0.1, 0.15) is 62.2 Å². The van der Waals surface area contributed by atoms with Gasteiger partial charge < -0.3 is 14.8 Å². The molecule has 1 fully saturated rings. The molecule has 1 aromatic heterocycles. The lowest BCUT2D eigenvalue weighted by Crippen LogP contribution is -2.28. The summed E-state index contributed by atoms with van der Waals surface area (Å²) in [4.78, 5) is 12.8.